The lowest BCUT2D eigenvalue weighted by molar-refractivity contribution is 0.288. The minimum atomic E-state index is 0.829. The Hall–Kier alpha value is -2.29. The molecule has 0 atom stereocenters. The molecule has 0 spiro atoms. The summed E-state index contributed by atoms with van der Waals surface area (Å²) in [6.07, 6.45) is 4.01. The molecule has 0 radical (unpaired) electrons. The third-order valence-electron chi connectivity index (χ3n) is 3.11. The molecule has 0 aromatic heterocycles. The third kappa shape index (κ3) is 2.94. The van der Waals surface area contributed by atoms with Crippen LogP contribution >= 0.6 is 0 Å². The van der Waals surface area contributed by atoms with Crippen molar-refractivity contribution in [1.29, 1.82) is 0 Å². The highest BCUT2D eigenvalue weighted by Crippen LogP contribution is 2.24. The molecule has 3 heteroatoms. The maximum atomic E-state index is 5.59. The molecule has 0 bridgehead atoms. The molecule has 3 nitrogen and oxygen atoms in total. The molecule has 2 aromatic carbocycles. The standard InChI is InChI=1S/C16H16N2O/c1-2-6-15(7-3-1)18-17-12-13-8-9-16-14(11-13)5-4-10-19-16/h1-3,6-9,11-12,18H,4-5,10H2. The van der Waals surface area contributed by atoms with Crippen molar-refractivity contribution in [3.05, 3.63) is 59.7 Å². The predicted molar refractivity (Wildman–Crippen MR) is 77.9 cm³/mol. The second-order valence-corrected chi connectivity index (χ2v) is 4.56. The summed E-state index contributed by atoms with van der Waals surface area (Å²) in [5.41, 5.74) is 6.36. The van der Waals surface area contributed by atoms with E-state index in [1.807, 2.05) is 48.7 Å². The summed E-state index contributed by atoms with van der Waals surface area (Å²) in [4.78, 5) is 0. The molecule has 1 heterocycles. The molecule has 0 amide bonds. The predicted octanol–water partition coefficient (Wildman–Crippen LogP) is 3.46. The number of fused-ring (bicyclic) bond motifs is 1. The first-order valence-corrected chi connectivity index (χ1v) is 6.52. The summed E-state index contributed by atoms with van der Waals surface area (Å²) < 4.78 is 5.59. The average Bonchev–Trinajstić information content (AvgIpc) is 2.48. The van der Waals surface area contributed by atoms with Gasteiger partial charge in [-0.2, -0.15) is 5.10 Å². The number of nitrogens with one attached hydrogen (secondary N) is 1. The van der Waals surface area contributed by atoms with E-state index in [1.165, 1.54) is 5.56 Å². The molecule has 0 unspecified atom stereocenters. The van der Waals surface area contributed by atoms with E-state index in [0.29, 0.717) is 0 Å². The van der Waals surface area contributed by atoms with Crippen molar-refractivity contribution >= 4 is 11.9 Å². The monoisotopic (exact) mass is 252 g/mol. The van der Waals surface area contributed by atoms with Crippen LogP contribution in [0.2, 0.25) is 0 Å². The number of aryl methyl sites for hydroxylation is 1. The van der Waals surface area contributed by atoms with Crippen LogP contribution in [0.25, 0.3) is 0 Å². The summed E-state index contributed by atoms with van der Waals surface area (Å²) in [7, 11) is 0. The number of para-hydroxylation sites is 1. The number of hydrogen-bond donors (Lipinski definition) is 1. The van der Waals surface area contributed by atoms with Crippen LogP contribution in [-0.4, -0.2) is 12.8 Å². The maximum absolute atomic E-state index is 5.59. The number of benzene rings is 2. The van der Waals surface area contributed by atoms with E-state index in [2.05, 4.69) is 16.6 Å². The average molecular weight is 252 g/mol. The van der Waals surface area contributed by atoms with Gasteiger partial charge in [0.2, 0.25) is 0 Å². The second-order valence-electron chi connectivity index (χ2n) is 4.56. The Kier molecular flexibility index (Phi) is 3.45. The second kappa shape index (κ2) is 5.57. The zero-order valence-electron chi connectivity index (χ0n) is 10.7. The number of nitrogens with zero attached hydrogens (tertiary/aromatic N) is 1. The first-order valence-electron chi connectivity index (χ1n) is 6.52. The molecular weight excluding hydrogens is 236 g/mol. The molecule has 96 valence electrons. The van der Waals surface area contributed by atoms with E-state index in [1.54, 1.807) is 0 Å². The Morgan fingerprint density at radius 1 is 1.11 bits per heavy atom. The van der Waals surface area contributed by atoms with E-state index in [4.69, 9.17) is 4.74 Å². The van der Waals surface area contributed by atoms with Crippen LogP contribution in [0.1, 0.15) is 17.5 Å². The SMILES string of the molecule is C(=NNc1ccccc1)c1ccc2c(c1)CCCO2. The van der Waals surface area contributed by atoms with Crippen molar-refractivity contribution in [3.63, 3.8) is 0 Å². The molecule has 0 fully saturated rings. The molecule has 2 aromatic rings. The quantitative estimate of drug-likeness (QED) is 0.670. The van der Waals surface area contributed by atoms with Gasteiger partial charge < -0.3 is 4.74 Å². The molecule has 1 aliphatic heterocycles. The molecular formula is C16H16N2O. The van der Waals surface area contributed by atoms with Crippen molar-refractivity contribution in [2.45, 2.75) is 12.8 Å². The molecule has 1 aliphatic rings. The zero-order valence-corrected chi connectivity index (χ0v) is 10.7. The summed E-state index contributed by atoms with van der Waals surface area (Å²) in [6, 6.07) is 16.1. The number of anilines is 1. The van der Waals surface area contributed by atoms with Gasteiger partial charge in [-0.25, -0.2) is 0 Å². The maximum Gasteiger partial charge on any atom is 0.122 e. The van der Waals surface area contributed by atoms with E-state index in [-0.39, 0.29) is 0 Å². The molecule has 0 saturated carbocycles. The largest absolute Gasteiger partial charge is 0.493 e. The molecule has 0 saturated heterocycles. The van der Waals surface area contributed by atoms with Crippen molar-refractivity contribution < 1.29 is 4.74 Å². The van der Waals surface area contributed by atoms with E-state index < -0.39 is 0 Å². The number of hydrazone groups is 1. The van der Waals surface area contributed by atoms with Gasteiger partial charge in [-0.3, -0.25) is 5.43 Å². The number of hydrogen-bond acceptors (Lipinski definition) is 3. The van der Waals surface area contributed by atoms with Gasteiger partial charge in [0.25, 0.3) is 0 Å². The first kappa shape index (κ1) is 11.8. The van der Waals surface area contributed by atoms with E-state index >= 15 is 0 Å². The van der Waals surface area contributed by atoms with Gasteiger partial charge >= 0.3 is 0 Å². The molecule has 3 rings (SSSR count). The highest BCUT2D eigenvalue weighted by Gasteiger charge is 2.09. The highest BCUT2D eigenvalue weighted by molar-refractivity contribution is 5.81. The van der Waals surface area contributed by atoms with Crippen LogP contribution in [0, 0.1) is 0 Å². The van der Waals surface area contributed by atoms with Gasteiger partial charge in [-0.15, -0.1) is 0 Å². The summed E-state index contributed by atoms with van der Waals surface area (Å²) in [5, 5.41) is 4.24. The van der Waals surface area contributed by atoms with Crippen LogP contribution in [0.4, 0.5) is 5.69 Å². The van der Waals surface area contributed by atoms with Gasteiger partial charge in [-0.05, 0) is 54.3 Å². The van der Waals surface area contributed by atoms with Gasteiger partial charge in [0.1, 0.15) is 5.75 Å². The highest BCUT2D eigenvalue weighted by atomic mass is 16.5. The Morgan fingerprint density at radius 3 is 2.89 bits per heavy atom. The fourth-order valence-electron chi connectivity index (χ4n) is 2.15. The van der Waals surface area contributed by atoms with Gasteiger partial charge in [0.05, 0.1) is 18.5 Å². The third-order valence-corrected chi connectivity index (χ3v) is 3.11. The molecule has 0 aliphatic carbocycles. The first-order chi connectivity index (χ1) is 9.42. The zero-order chi connectivity index (χ0) is 12.9. The van der Waals surface area contributed by atoms with Crippen molar-refractivity contribution in [2.24, 2.45) is 5.10 Å². The fourth-order valence-corrected chi connectivity index (χ4v) is 2.15. The fraction of sp³-hybridized carbons (Fsp3) is 0.188. The lowest BCUT2D eigenvalue weighted by atomic mass is 10.0. The molecule has 19 heavy (non-hydrogen) atoms. The number of ether oxygens (including phenoxy) is 1. The Balaban J connectivity index is 1.69. The molecule has 1 N–H and O–H groups in total. The van der Waals surface area contributed by atoms with Crippen LogP contribution < -0.4 is 10.2 Å². The summed E-state index contributed by atoms with van der Waals surface area (Å²) in [6.45, 7) is 0.829. The van der Waals surface area contributed by atoms with E-state index in [9.17, 15) is 0 Å². The van der Waals surface area contributed by atoms with E-state index in [0.717, 1.165) is 36.4 Å². The smallest absolute Gasteiger partial charge is 0.122 e. The lowest BCUT2D eigenvalue weighted by Gasteiger charge is -2.17. The minimum Gasteiger partial charge on any atom is -0.493 e. The Labute approximate surface area is 112 Å². The van der Waals surface area contributed by atoms with Crippen molar-refractivity contribution in [1.82, 2.24) is 0 Å². The Morgan fingerprint density at radius 2 is 2.00 bits per heavy atom. The lowest BCUT2D eigenvalue weighted by Crippen LogP contribution is -2.08. The summed E-state index contributed by atoms with van der Waals surface area (Å²) in [5.74, 6) is 1.01. The minimum absolute atomic E-state index is 0.829. The van der Waals surface area contributed by atoms with Crippen LogP contribution in [0.5, 0.6) is 5.75 Å². The summed E-state index contributed by atoms with van der Waals surface area (Å²) >= 11 is 0. The normalized spacial score (nSPS) is 13.9. The van der Waals surface area contributed by atoms with Gasteiger partial charge in [-0.1, -0.05) is 18.2 Å². The van der Waals surface area contributed by atoms with Crippen LogP contribution in [0.3, 0.4) is 0 Å². The van der Waals surface area contributed by atoms with Gasteiger partial charge in [0.15, 0.2) is 0 Å². The van der Waals surface area contributed by atoms with Crippen LogP contribution in [0.15, 0.2) is 53.6 Å². The Bertz CT molecular complexity index is 579. The van der Waals surface area contributed by atoms with Crippen molar-refractivity contribution in [2.75, 3.05) is 12.0 Å². The topological polar surface area (TPSA) is 33.6 Å². The van der Waals surface area contributed by atoms with Crippen LogP contribution in [-0.2, 0) is 6.42 Å². The van der Waals surface area contributed by atoms with Crippen molar-refractivity contribution in [3.8, 4) is 5.75 Å². The number of rotatable bonds is 3. The van der Waals surface area contributed by atoms with Gasteiger partial charge in [0, 0.05) is 0 Å².